The fourth-order valence-corrected chi connectivity index (χ4v) is 5.02. The van der Waals surface area contributed by atoms with E-state index in [1.165, 1.54) is 22.1 Å². The van der Waals surface area contributed by atoms with Gasteiger partial charge in [0.2, 0.25) is 0 Å². The summed E-state index contributed by atoms with van der Waals surface area (Å²) in [7, 11) is -3.47. The van der Waals surface area contributed by atoms with Crippen molar-refractivity contribution < 1.29 is 8.42 Å². The van der Waals surface area contributed by atoms with E-state index in [-0.39, 0.29) is 6.04 Å². The molecule has 6 heteroatoms. The number of nitrogens with one attached hydrogen (secondary N) is 1. The highest BCUT2D eigenvalue weighted by molar-refractivity contribution is 8.08. The van der Waals surface area contributed by atoms with Gasteiger partial charge in [-0.1, -0.05) is 37.5 Å². The van der Waals surface area contributed by atoms with Crippen LogP contribution in [-0.2, 0) is 10.2 Å². The molecule has 1 aromatic rings. The summed E-state index contributed by atoms with van der Waals surface area (Å²) in [6, 6.07) is 7.88. The lowest BCUT2D eigenvalue weighted by Crippen LogP contribution is -2.41. The molecule has 0 atom stereocenters. The standard InChI is InChI=1S/C14H18N2O2S2/c17-20(18,15-13-7-2-1-3-8-13)16-11-10-12-6-4-5-9-14(12)19-16/h4-6,9-11,13,15H,1-3,7-8H2. The van der Waals surface area contributed by atoms with Crippen molar-refractivity contribution in [2.24, 2.45) is 0 Å². The zero-order valence-electron chi connectivity index (χ0n) is 11.2. The highest BCUT2D eigenvalue weighted by Gasteiger charge is 2.27. The normalized spacial score (nSPS) is 19.9. The van der Waals surface area contributed by atoms with Gasteiger partial charge < -0.3 is 0 Å². The van der Waals surface area contributed by atoms with Gasteiger partial charge in [-0.25, -0.2) is 3.71 Å². The van der Waals surface area contributed by atoms with E-state index in [1.54, 1.807) is 6.20 Å². The van der Waals surface area contributed by atoms with E-state index in [4.69, 9.17) is 0 Å². The predicted molar refractivity (Wildman–Crippen MR) is 82.1 cm³/mol. The Kier molecular flexibility index (Phi) is 4.05. The van der Waals surface area contributed by atoms with E-state index in [0.717, 1.165) is 36.1 Å². The monoisotopic (exact) mass is 310 g/mol. The zero-order chi connectivity index (χ0) is 14.0. The van der Waals surface area contributed by atoms with Crippen LogP contribution in [0.3, 0.4) is 0 Å². The van der Waals surface area contributed by atoms with Crippen LogP contribution in [0, 0.1) is 0 Å². The van der Waals surface area contributed by atoms with Crippen LogP contribution >= 0.6 is 11.9 Å². The third-order valence-electron chi connectivity index (χ3n) is 3.64. The molecule has 1 saturated carbocycles. The van der Waals surface area contributed by atoms with Gasteiger partial charge in [0.1, 0.15) is 0 Å². The van der Waals surface area contributed by atoms with Crippen LogP contribution in [0.5, 0.6) is 0 Å². The van der Waals surface area contributed by atoms with Crippen molar-refractivity contribution in [3.63, 3.8) is 0 Å². The molecule has 3 rings (SSSR count). The first-order valence-electron chi connectivity index (χ1n) is 6.92. The summed E-state index contributed by atoms with van der Waals surface area (Å²) in [4.78, 5) is 0.962. The van der Waals surface area contributed by atoms with Crippen molar-refractivity contribution in [2.75, 3.05) is 0 Å². The second-order valence-corrected chi connectivity index (χ2v) is 7.98. The summed E-state index contributed by atoms with van der Waals surface area (Å²) in [5.74, 6) is 0. The van der Waals surface area contributed by atoms with Crippen LogP contribution in [-0.4, -0.2) is 18.2 Å². The Morgan fingerprint density at radius 3 is 2.70 bits per heavy atom. The summed E-state index contributed by atoms with van der Waals surface area (Å²) >= 11 is 1.25. The molecule has 0 saturated heterocycles. The van der Waals surface area contributed by atoms with E-state index in [2.05, 4.69) is 4.72 Å². The Balaban J connectivity index is 1.73. The molecule has 1 N–H and O–H groups in total. The Bertz CT molecular complexity index is 607. The third kappa shape index (κ3) is 3.02. The van der Waals surface area contributed by atoms with Gasteiger partial charge in [0.15, 0.2) is 0 Å². The second kappa shape index (κ2) is 5.79. The summed E-state index contributed by atoms with van der Waals surface area (Å²) in [5, 5.41) is 0. The Morgan fingerprint density at radius 1 is 1.15 bits per heavy atom. The third-order valence-corrected chi connectivity index (χ3v) is 6.55. The molecule has 0 aromatic heterocycles. The van der Waals surface area contributed by atoms with Gasteiger partial charge in [-0.3, -0.25) is 0 Å². The van der Waals surface area contributed by atoms with Crippen molar-refractivity contribution in [3.05, 3.63) is 36.0 Å². The number of fused-ring (bicyclic) bond motifs is 1. The van der Waals surface area contributed by atoms with E-state index in [0.29, 0.717) is 0 Å². The Labute approximate surface area is 124 Å². The lowest BCUT2D eigenvalue weighted by atomic mass is 9.96. The number of hydrogen-bond donors (Lipinski definition) is 1. The van der Waals surface area contributed by atoms with E-state index in [1.807, 2.05) is 30.3 Å². The summed E-state index contributed by atoms with van der Waals surface area (Å²) < 4.78 is 29.0. The average molecular weight is 310 g/mol. The van der Waals surface area contributed by atoms with Gasteiger partial charge in [-0.05, 0) is 30.5 Å². The first kappa shape index (κ1) is 14.0. The zero-order valence-corrected chi connectivity index (χ0v) is 12.8. The molecule has 0 unspecified atom stereocenters. The van der Waals surface area contributed by atoms with E-state index in [9.17, 15) is 8.42 Å². The lowest BCUT2D eigenvalue weighted by Gasteiger charge is -2.28. The number of benzene rings is 1. The van der Waals surface area contributed by atoms with Gasteiger partial charge in [0, 0.05) is 29.1 Å². The van der Waals surface area contributed by atoms with Gasteiger partial charge >= 0.3 is 10.2 Å². The fourth-order valence-electron chi connectivity index (χ4n) is 2.58. The average Bonchev–Trinajstić information content (AvgIpc) is 2.47. The quantitative estimate of drug-likeness (QED) is 0.873. The van der Waals surface area contributed by atoms with Gasteiger partial charge in [0.25, 0.3) is 0 Å². The smallest absolute Gasteiger partial charge is 0.202 e. The summed E-state index contributed by atoms with van der Waals surface area (Å²) in [5.41, 5.74) is 1.06. The first-order valence-corrected chi connectivity index (χ1v) is 9.13. The minimum absolute atomic E-state index is 0.0833. The van der Waals surface area contributed by atoms with Crippen molar-refractivity contribution in [3.8, 4) is 0 Å². The van der Waals surface area contributed by atoms with Crippen LogP contribution in [0.2, 0.25) is 0 Å². The topological polar surface area (TPSA) is 49.4 Å². The highest BCUT2D eigenvalue weighted by atomic mass is 32.3. The first-order chi connectivity index (χ1) is 9.65. The molecule has 108 valence electrons. The minimum Gasteiger partial charge on any atom is -0.202 e. The van der Waals surface area contributed by atoms with Gasteiger partial charge in [-0.15, -0.1) is 0 Å². The molecule has 1 heterocycles. The van der Waals surface area contributed by atoms with Crippen LogP contribution in [0.4, 0.5) is 0 Å². The molecule has 1 aliphatic carbocycles. The Hall–Kier alpha value is -0.980. The molecule has 4 nitrogen and oxygen atoms in total. The molecule has 0 radical (unpaired) electrons. The van der Waals surface area contributed by atoms with Crippen molar-refractivity contribution in [2.45, 2.75) is 43.0 Å². The number of nitrogens with zero attached hydrogens (tertiary/aromatic N) is 1. The molecule has 1 aromatic carbocycles. The molecular weight excluding hydrogens is 292 g/mol. The maximum Gasteiger partial charge on any atom is 0.311 e. The second-order valence-electron chi connectivity index (χ2n) is 5.16. The number of rotatable bonds is 3. The number of hydrogen-bond acceptors (Lipinski definition) is 3. The maximum atomic E-state index is 12.4. The fraction of sp³-hybridized carbons (Fsp3) is 0.429. The molecule has 2 aliphatic rings. The molecular formula is C14H18N2O2S2. The van der Waals surface area contributed by atoms with Crippen LogP contribution in [0.15, 0.2) is 35.4 Å². The molecule has 1 aliphatic heterocycles. The van der Waals surface area contributed by atoms with Gasteiger partial charge in [0.05, 0.1) is 0 Å². The molecule has 20 heavy (non-hydrogen) atoms. The van der Waals surface area contributed by atoms with Crippen molar-refractivity contribution >= 4 is 28.2 Å². The van der Waals surface area contributed by atoms with E-state index < -0.39 is 10.2 Å². The SMILES string of the molecule is O=S(=O)(NC1CCCCC1)N1C=Cc2ccccc2S1. The molecule has 1 fully saturated rings. The minimum atomic E-state index is -3.47. The van der Waals surface area contributed by atoms with Crippen LogP contribution in [0.25, 0.3) is 6.08 Å². The van der Waals surface area contributed by atoms with Crippen LogP contribution < -0.4 is 4.72 Å². The molecule has 0 spiro atoms. The summed E-state index contributed by atoms with van der Waals surface area (Å²) in [6.45, 7) is 0. The largest absolute Gasteiger partial charge is 0.311 e. The molecule has 0 amide bonds. The van der Waals surface area contributed by atoms with Crippen LogP contribution in [0.1, 0.15) is 37.7 Å². The predicted octanol–water partition coefficient (Wildman–Crippen LogP) is 3.15. The summed E-state index contributed by atoms with van der Waals surface area (Å²) in [6.07, 6.45) is 8.78. The maximum absolute atomic E-state index is 12.4. The Morgan fingerprint density at radius 2 is 1.90 bits per heavy atom. The van der Waals surface area contributed by atoms with Crippen molar-refractivity contribution in [1.82, 2.24) is 8.43 Å². The van der Waals surface area contributed by atoms with Crippen molar-refractivity contribution in [1.29, 1.82) is 0 Å². The molecule has 0 bridgehead atoms. The van der Waals surface area contributed by atoms with Gasteiger partial charge in [-0.2, -0.15) is 13.1 Å². The highest BCUT2D eigenvalue weighted by Crippen LogP contribution is 2.34. The van der Waals surface area contributed by atoms with E-state index >= 15 is 0 Å². The lowest BCUT2D eigenvalue weighted by molar-refractivity contribution is 0.408.